The van der Waals surface area contributed by atoms with Crippen molar-refractivity contribution in [1.82, 2.24) is 0 Å². The first-order valence-corrected chi connectivity index (χ1v) is 5.44. The fourth-order valence-corrected chi connectivity index (χ4v) is 1.50. The van der Waals surface area contributed by atoms with Crippen LogP contribution in [0.3, 0.4) is 0 Å². The van der Waals surface area contributed by atoms with E-state index in [4.69, 9.17) is 4.80 Å². The van der Waals surface area contributed by atoms with Crippen molar-refractivity contribution >= 4 is 60.4 Å². The van der Waals surface area contributed by atoms with Crippen molar-refractivity contribution in [2.24, 2.45) is 0 Å². The van der Waals surface area contributed by atoms with Gasteiger partial charge in [-0.25, -0.2) is 0 Å². The fraction of sp³-hybridized carbons (Fsp3) is 1.00. The van der Waals surface area contributed by atoms with Gasteiger partial charge < -0.3 is 4.80 Å². The van der Waals surface area contributed by atoms with Gasteiger partial charge in [0.1, 0.15) is 0 Å². The zero-order valence-corrected chi connectivity index (χ0v) is 6.30. The molecule has 3 heteroatoms. The summed E-state index contributed by atoms with van der Waals surface area (Å²) in [5, 5.41) is 0. The normalized spacial score (nSPS) is 12.4. The third-order valence-electron chi connectivity index (χ3n) is 0.975. The van der Waals surface area contributed by atoms with Crippen LogP contribution in [-0.2, 0) is 0 Å². The molecule has 0 aliphatic heterocycles. The maximum absolute atomic E-state index is 8.82. The molecule has 0 aliphatic rings. The summed E-state index contributed by atoms with van der Waals surface area (Å²) in [4.78, 5) is 8.82. The third-order valence-corrected chi connectivity index (χ3v) is 2.22. The van der Waals surface area contributed by atoms with Crippen molar-refractivity contribution in [3.8, 4) is 0 Å². The van der Waals surface area contributed by atoms with Crippen molar-refractivity contribution in [1.29, 1.82) is 0 Å². The van der Waals surface area contributed by atoms with Crippen molar-refractivity contribution in [3.05, 3.63) is 0 Å². The summed E-state index contributed by atoms with van der Waals surface area (Å²) in [5.41, 5.74) is 0. The Morgan fingerprint density at radius 2 is 2.00 bits per heavy atom. The standard InChI is InChI=1S/C5H14OSi.K.H/c1-3-4-5-7(2)6;;/h6-7H,3-5H2,1-2H3;;. The molecule has 8 heavy (non-hydrogen) atoms. The van der Waals surface area contributed by atoms with E-state index in [0.717, 1.165) is 6.04 Å². The Morgan fingerprint density at radius 1 is 1.50 bits per heavy atom. The quantitative estimate of drug-likeness (QED) is 0.593. The van der Waals surface area contributed by atoms with Crippen LogP contribution in [0.4, 0.5) is 0 Å². The second-order valence-electron chi connectivity index (χ2n) is 1.99. The molecule has 0 rings (SSSR count). The Balaban J connectivity index is 0. The van der Waals surface area contributed by atoms with E-state index in [1.165, 1.54) is 12.8 Å². The minimum absolute atomic E-state index is 0. The molecule has 0 saturated carbocycles. The molecule has 0 aromatic heterocycles. The Hall–Kier alpha value is 1.81. The van der Waals surface area contributed by atoms with E-state index in [1.807, 2.05) is 6.55 Å². The molecule has 0 saturated heterocycles. The van der Waals surface area contributed by atoms with Crippen molar-refractivity contribution < 1.29 is 4.80 Å². The van der Waals surface area contributed by atoms with Gasteiger partial charge >= 0.3 is 51.4 Å². The molecule has 0 aliphatic carbocycles. The van der Waals surface area contributed by atoms with Crippen LogP contribution < -0.4 is 0 Å². The second kappa shape index (κ2) is 8.81. The van der Waals surface area contributed by atoms with E-state index in [2.05, 4.69) is 6.92 Å². The molecule has 0 amide bonds. The topological polar surface area (TPSA) is 20.2 Å². The van der Waals surface area contributed by atoms with E-state index in [-0.39, 0.29) is 51.4 Å². The molecular weight excluding hydrogens is 143 g/mol. The Kier molecular flexibility index (Phi) is 13.8. The summed E-state index contributed by atoms with van der Waals surface area (Å²) < 4.78 is 0. The van der Waals surface area contributed by atoms with Gasteiger partial charge in [-0.05, 0) is 12.6 Å². The van der Waals surface area contributed by atoms with Crippen LogP contribution in [-0.4, -0.2) is 65.2 Å². The van der Waals surface area contributed by atoms with Crippen molar-refractivity contribution in [2.45, 2.75) is 32.4 Å². The predicted molar refractivity (Wildman–Crippen MR) is 42.1 cm³/mol. The predicted octanol–water partition coefficient (Wildman–Crippen LogP) is 0.484. The summed E-state index contributed by atoms with van der Waals surface area (Å²) in [6.07, 6.45) is 2.43. The first kappa shape index (κ1) is 12.5. The maximum atomic E-state index is 8.82. The van der Waals surface area contributed by atoms with Gasteiger partial charge in [0, 0.05) is 0 Å². The molecule has 0 heterocycles. The van der Waals surface area contributed by atoms with Gasteiger partial charge in [-0.1, -0.05) is 19.8 Å². The Bertz CT molecular complexity index is 41.4. The van der Waals surface area contributed by atoms with Gasteiger partial charge in [-0.15, -0.1) is 0 Å². The fourth-order valence-electron chi connectivity index (χ4n) is 0.500. The molecule has 0 spiro atoms. The number of hydrogen-bond acceptors (Lipinski definition) is 1. The van der Waals surface area contributed by atoms with E-state index in [0.29, 0.717) is 0 Å². The molecule has 1 N–H and O–H groups in total. The summed E-state index contributed by atoms with van der Waals surface area (Å²) in [6, 6.07) is 1.09. The molecule has 1 unspecified atom stereocenters. The first-order valence-electron chi connectivity index (χ1n) is 2.95. The first-order chi connectivity index (χ1) is 3.27. The Labute approximate surface area is 96.0 Å². The van der Waals surface area contributed by atoms with Crippen LogP contribution in [0, 0.1) is 0 Å². The van der Waals surface area contributed by atoms with E-state index >= 15 is 0 Å². The number of hydrogen-bond donors (Lipinski definition) is 1. The SMILES string of the molecule is CCCC[SiH](C)O.[KH]. The van der Waals surface area contributed by atoms with E-state index in [9.17, 15) is 0 Å². The van der Waals surface area contributed by atoms with Gasteiger partial charge in [-0.2, -0.15) is 0 Å². The number of rotatable bonds is 3. The molecule has 1 atom stereocenters. The van der Waals surface area contributed by atoms with Crippen molar-refractivity contribution in [3.63, 3.8) is 0 Å². The molecule has 0 aromatic carbocycles. The van der Waals surface area contributed by atoms with Gasteiger partial charge in [0.25, 0.3) is 0 Å². The van der Waals surface area contributed by atoms with Crippen LogP contribution in [0.25, 0.3) is 0 Å². The summed E-state index contributed by atoms with van der Waals surface area (Å²) >= 11 is 0. The summed E-state index contributed by atoms with van der Waals surface area (Å²) in [5.74, 6) is 0. The van der Waals surface area contributed by atoms with Gasteiger partial charge in [0.05, 0.1) is 0 Å². The van der Waals surface area contributed by atoms with Crippen LogP contribution >= 0.6 is 0 Å². The Morgan fingerprint density at radius 3 is 2.12 bits per heavy atom. The van der Waals surface area contributed by atoms with Gasteiger partial charge in [0.15, 0.2) is 9.04 Å². The molecule has 0 bridgehead atoms. The summed E-state index contributed by atoms with van der Waals surface area (Å²) in [6.45, 7) is 4.12. The molecule has 46 valence electrons. The van der Waals surface area contributed by atoms with Gasteiger partial charge in [-0.3, -0.25) is 0 Å². The number of unbranched alkanes of at least 4 members (excludes halogenated alkanes) is 1. The summed E-state index contributed by atoms with van der Waals surface area (Å²) in [7, 11) is -1.19. The van der Waals surface area contributed by atoms with E-state index in [1.54, 1.807) is 0 Å². The van der Waals surface area contributed by atoms with E-state index < -0.39 is 9.04 Å². The average molecular weight is 158 g/mol. The molecular formula is C5H15KOSi. The van der Waals surface area contributed by atoms with Crippen LogP contribution in [0.5, 0.6) is 0 Å². The minimum atomic E-state index is -1.19. The molecule has 0 radical (unpaired) electrons. The monoisotopic (exact) mass is 158 g/mol. The van der Waals surface area contributed by atoms with Crippen molar-refractivity contribution in [2.75, 3.05) is 0 Å². The van der Waals surface area contributed by atoms with Crippen LogP contribution in [0.15, 0.2) is 0 Å². The molecule has 0 fully saturated rings. The zero-order chi connectivity index (χ0) is 5.70. The van der Waals surface area contributed by atoms with Crippen LogP contribution in [0.1, 0.15) is 19.8 Å². The molecule has 0 aromatic rings. The molecule has 1 nitrogen and oxygen atoms in total. The third kappa shape index (κ3) is 10.7. The van der Waals surface area contributed by atoms with Crippen LogP contribution in [0.2, 0.25) is 12.6 Å². The van der Waals surface area contributed by atoms with Gasteiger partial charge in [0.2, 0.25) is 0 Å². The zero-order valence-electron chi connectivity index (χ0n) is 5.15. The average Bonchev–Trinajstić information content (AvgIpc) is 1.61. The second-order valence-corrected chi connectivity index (χ2v) is 4.27.